The monoisotopic (exact) mass is 500 g/mol. The smallest absolute Gasteiger partial charge is 0.270 e. The highest BCUT2D eigenvalue weighted by Gasteiger charge is 2.34. The lowest BCUT2D eigenvalue weighted by Gasteiger charge is -2.29. The molecule has 0 saturated carbocycles. The van der Waals surface area contributed by atoms with Gasteiger partial charge in [0.1, 0.15) is 12.2 Å². The summed E-state index contributed by atoms with van der Waals surface area (Å²) in [5.41, 5.74) is 4.57. The average Bonchev–Trinajstić information content (AvgIpc) is 2.86. The highest BCUT2D eigenvalue weighted by atomic mass is 32.1. The molecular formula is C29H28N2O4S. The van der Waals surface area contributed by atoms with Crippen molar-refractivity contribution in [2.24, 2.45) is 0 Å². The van der Waals surface area contributed by atoms with Crippen molar-refractivity contribution in [2.45, 2.75) is 33.8 Å². The minimum absolute atomic E-state index is 0.0148. The van der Waals surface area contributed by atoms with Crippen LogP contribution in [0.3, 0.4) is 0 Å². The SMILES string of the molecule is CCOc1cc(/C=C2\C(=O)NC(=S)N(c3ccc(CC)cc3)C2=O)ccc1OCc1cccc(C)c1. The van der Waals surface area contributed by atoms with E-state index in [9.17, 15) is 9.59 Å². The summed E-state index contributed by atoms with van der Waals surface area (Å²) in [5.74, 6) is 0.0966. The summed E-state index contributed by atoms with van der Waals surface area (Å²) < 4.78 is 11.8. The Kier molecular flexibility index (Phi) is 7.80. The molecule has 1 aliphatic heterocycles. The summed E-state index contributed by atoms with van der Waals surface area (Å²) in [6.07, 6.45) is 2.42. The largest absolute Gasteiger partial charge is 0.490 e. The van der Waals surface area contributed by atoms with E-state index in [0.717, 1.165) is 23.1 Å². The van der Waals surface area contributed by atoms with Gasteiger partial charge in [-0.15, -0.1) is 0 Å². The number of hydrogen-bond acceptors (Lipinski definition) is 5. The van der Waals surface area contributed by atoms with Crippen LogP contribution in [0.15, 0.2) is 72.3 Å². The van der Waals surface area contributed by atoms with Gasteiger partial charge in [0, 0.05) is 0 Å². The maximum atomic E-state index is 13.3. The van der Waals surface area contributed by atoms with Crippen LogP contribution in [-0.4, -0.2) is 23.5 Å². The van der Waals surface area contributed by atoms with Crippen LogP contribution < -0.4 is 19.7 Å². The second kappa shape index (κ2) is 11.2. The molecule has 2 amide bonds. The number of thiocarbonyl (C=S) groups is 1. The van der Waals surface area contributed by atoms with Gasteiger partial charge in [-0.1, -0.05) is 55.0 Å². The van der Waals surface area contributed by atoms with Crippen LogP contribution in [0.2, 0.25) is 0 Å². The van der Waals surface area contributed by atoms with Crippen LogP contribution in [-0.2, 0) is 22.6 Å². The molecule has 1 saturated heterocycles. The highest BCUT2D eigenvalue weighted by molar-refractivity contribution is 7.80. The van der Waals surface area contributed by atoms with E-state index in [2.05, 4.69) is 18.3 Å². The third-order valence-electron chi connectivity index (χ3n) is 5.76. The molecule has 3 aromatic rings. The molecule has 4 rings (SSSR count). The number of anilines is 1. The van der Waals surface area contributed by atoms with Crippen LogP contribution in [0.25, 0.3) is 6.08 Å². The van der Waals surface area contributed by atoms with Crippen molar-refractivity contribution < 1.29 is 19.1 Å². The van der Waals surface area contributed by atoms with E-state index in [1.807, 2.05) is 56.3 Å². The summed E-state index contributed by atoms with van der Waals surface area (Å²) in [4.78, 5) is 27.4. The third kappa shape index (κ3) is 5.63. The van der Waals surface area contributed by atoms with Gasteiger partial charge in [-0.2, -0.15) is 0 Å². The van der Waals surface area contributed by atoms with Crippen molar-refractivity contribution in [2.75, 3.05) is 11.5 Å². The molecule has 3 aromatic carbocycles. The van der Waals surface area contributed by atoms with Gasteiger partial charge in [-0.3, -0.25) is 19.8 Å². The van der Waals surface area contributed by atoms with Gasteiger partial charge in [0.2, 0.25) is 0 Å². The van der Waals surface area contributed by atoms with E-state index >= 15 is 0 Å². The van der Waals surface area contributed by atoms with E-state index in [4.69, 9.17) is 21.7 Å². The number of nitrogens with zero attached hydrogens (tertiary/aromatic N) is 1. The summed E-state index contributed by atoms with van der Waals surface area (Å²) >= 11 is 5.30. The molecular weight excluding hydrogens is 472 g/mol. The Balaban J connectivity index is 1.60. The van der Waals surface area contributed by atoms with Crippen molar-refractivity contribution in [1.82, 2.24) is 5.32 Å². The number of amides is 2. The molecule has 6 nitrogen and oxygen atoms in total. The number of carbonyl (C=O) groups excluding carboxylic acids is 2. The number of benzene rings is 3. The predicted molar refractivity (Wildman–Crippen MR) is 145 cm³/mol. The Hall–Kier alpha value is -3.97. The zero-order valence-electron chi connectivity index (χ0n) is 20.5. The van der Waals surface area contributed by atoms with Gasteiger partial charge in [0.25, 0.3) is 11.8 Å². The van der Waals surface area contributed by atoms with Crippen LogP contribution in [0.1, 0.15) is 36.1 Å². The molecule has 0 unspecified atom stereocenters. The highest BCUT2D eigenvalue weighted by Crippen LogP contribution is 2.31. The second-order valence-corrected chi connectivity index (χ2v) is 8.78. The second-order valence-electron chi connectivity index (χ2n) is 8.39. The first-order valence-corrected chi connectivity index (χ1v) is 12.3. The molecule has 0 aromatic heterocycles. The fraction of sp³-hybridized carbons (Fsp3) is 0.207. The van der Waals surface area contributed by atoms with Crippen molar-refractivity contribution in [3.8, 4) is 11.5 Å². The summed E-state index contributed by atoms with van der Waals surface area (Å²) in [6.45, 7) is 6.81. The molecule has 1 fully saturated rings. The zero-order valence-corrected chi connectivity index (χ0v) is 21.4. The van der Waals surface area contributed by atoms with Crippen molar-refractivity contribution in [3.05, 3.63) is 94.6 Å². The predicted octanol–water partition coefficient (Wildman–Crippen LogP) is 5.37. The van der Waals surface area contributed by atoms with Crippen LogP contribution in [0, 0.1) is 6.92 Å². The van der Waals surface area contributed by atoms with E-state index in [1.165, 1.54) is 4.90 Å². The van der Waals surface area contributed by atoms with E-state index < -0.39 is 11.8 Å². The molecule has 1 aliphatic rings. The van der Waals surface area contributed by atoms with Crippen LogP contribution in [0.4, 0.5) is 5.69 Å². The number of carbonyl (C=O) groups is 2. The molecule has 7 heteroatoms. The summed E-state index contributed by atoms with van der Waals surface area (Å²) in [5, 5.41) is 2.68. The first-order chi connectivity index (χ1) is 17.4. The maximum Gasteiger partial charge on any atom is 0.270 e. The molecule has 1 N–H and O–H groups in total. The number of nitrogens with one attached hydrogen (secondary N) is 1. The minimum atomic E-state index is -0.538. The van der Waals surface area contributed by atoms with Gasteiger partial charge in [-0.25, -0.2) is 0 Å². The lowest BCUT2D eigenvalue weighted by atomic mass is 10.1. The first-order valence-electron chi connectivity index (χ1n) is 11.8. The molecule has 0 bridgehead atoms. The standard InChI is InChI=1S/C29H28N2O4S/c1-4-20-9-12-23(13-10-20)31-28(33)24(27(32)30-29(31)36)16-21-11-14-25(26(17-21)34-5-2)35-18-22-8-6-7-19(3)15-22/h6-17H,4-5,18H2,1-3H3,(H,30,32,36)/b24-16+. The Morgan fingerprint density at radius 2 is 1.69 bits per heavy atom. The fourth-order valence-electron chi connectivity index (χ4n) is 3.90. The maximum absolute atomic E-state index is 13.3. The van der Waals surface area contributed by atoms with E-state index in [1.54, 1.807) is 24.3 Å². The lowest BCUT2D eigenvalue weighted by molar-refractivity contribution is -0.122. The summed E-state index contributed by atoms with van der Waals surface area (Å²) in [7, 11) is 0. The van der Waals surface area contributed by atoms with Gasteiger partial charge in [0.05, 0.1) is 12.3 Å². The quantitative estimate of drug-likeness (QED) is 0.256. The third-order valence-corrected chi connectivity index (χ3v) is 6.04. The lowest BCUT2D eigenvalue weighted by Crippen LogP contribution is -2.54. The topological polar surface area (TPSA) is 67.9 Å². The van der Waals surface area contributed by atoms with Gasteiger partial charge >= 0.3 is 0 Å². The van der Waals surface area contributed by atoms with E-state index in [-0.39, 0.29) is 10.7 Å². The normalized spacial score (nSPS) is 14.7. The summed E-state index contributed by atoms with van der Waals surface area (Å²) in [6, 6.07) is 21.0. The van der Waals surface area contributed by atoms with Crippen LogP contribution >= 0.6 is 12.2 Å². The van der Waals surface area contributed by atoms with Gasteiger partial charge < -0.3 is 9.47 Å². The molecule has 0 aliphatic carbocycles. The molecule has 1 heterocycles. The fourth-order valence-corrected chi connectivity index (χ4v) is 4.19. The molecule has 184 valence electrons. The van der Waals surface area contributed by atoms with Crippen molar-refractivity contribution in [1.29, 1.82) is 0 Å². The molecule has 0 atom stereocenters. The zero-order chi connectivity index (χ0) is 25.7. The van der Waals surface area contributed by atoms with E-state index in [0.29, 0.717) is 36.0 Å². The minimum Gasteiger partial charge on any atom is -0.490 e. The molecule has 0 radical (unpaired) electrons. The number of ether oxygens (including phenoxy) is 2. The number of aryl methyl sites for hydroxylation is 2. The first kappa shape index (κ1) is 25.1. The number of hydrogen-bond donors (Lipinski definition) is 1. The van der Waals surface area contributed by atoms with Gasteiger partial charge in [0.15, 0.2) is 16.6 Å². The molecule has 0 spiro atoms. The van der Waals surface area contributed by atoms with Crippen molar-refractivity contribution in [3.63, 3.8) is 0 Å². The molecule has 36 heavy (non-hydrogen) atoms. The van der Waals surface area contributed by atoms with Crippen LogP contribution in [0.5, 0.6) is 11.5 Å². The average molecular weight is 501 g/mol. The Bertz CT molecular complexity index is 1330. The Morgan fingerprint density at radius 1 is 0.917 bits per heavy atom. The number of rotatable bonds is 8. The Labute approximate surface area is 216 Å². The Morgan fingerprint density at radius 3 is 2.39 bits per heavy atom. The van der Waals surface area contributed by atoms with Gasteiger partial charge in [-0.05, 0) is 79.5 Å². The van der Waals surface area contributed by atoms with Crippen molar-refractivity contribution >= 4 is 40.9 Å².